The fourth-order valence-electron chi connectivity index (χ4n) is 3.81. The molecule has 0 spiro atoms. The molecule has 148 valence electrons. The first-order chi connectivity index (χ1) is 13.5. The van der Waals surface area contributed by atoms with Gasteiger partial charge in [-0.1, -0.05) is 30.3 Å². The molecule has 2 heterocycles. The standard InChI is InChI=1S/C20H22FN3O3S/c21-18-8-3-1-6-16(18)14-23-11-5-10-22(15-23)12-13-24-20(25)17-7-2-4-9-19(17)28(24,26)27/h1-4,6-9H,5,10-15H2. The minimum atomic E-state index is -3.77. The van der Waals surface area contributed by atoms with Gasteiger partial charge in [0.05, 0.1) is 18.8 Å². The van der Waals surface area contributed by atoms with Gasteiger partial charge in [-0.3, -0.25) is 14.6 Å². The van der Waals surface area contributed by atoms with Crippen LogP contribution >= 0.6 is 0 Å². The summed E-state index contributed by atoms with van der Waals surface area (Å²) in [5, 5.41) is 0. The second-order valence-corrected chi connectivity index (χ2v) is 8.97. The number of rotatable bonds is 5. The maximum absolute atomic E-state index is 13.9. The summed E-state index contributed by atoms with van der Waals surface area (Å²) in [6, 6.07) is 13.0. The van der Waals surface area contributed by atoms with Crippen molar-refractivity contribution in [2.75, 3.05) is 32.8 Å². The van der Waals surface area contributed by atoms with Crippen LogP contribution < -0.4 is 0 Å². The van der Waals surface area contributed by atoms with Gasteiger partial charge < -0.3 is 0 Å². The third kappa shape index (κ3) is 3.55. The predicted octanol–water partition coefficient (Wildman–Crippen LogP) is 2.14. The van der Waals surface area contributed by atoms with Crippen LogP contribution in [0.1, 0.15) is 22.3 Å². The number of amides is 1. The molecule has 0 radical (unpaired) electrons. The van der Waals surface area contributed by atoms with Gasteiger partial charge >= 0.3 is 0 Å². The first-order valence-corrected chi connectivity index (χ1v) is 10.7. The lowest BCUT2D eigenvalue weighted by molar-refractivity contribution is 0.0699. The van der Waals surface area contributed by atoms with Crippen molar-refractivity contribution in [3.8, 4) is 0 Å². The molecule has 0 unspecified atom stereocenters. The number of halogens is 1. The molecule has 2 aromatic carbocycles. The quantitative estimate of drug-likeness (QED) is 0.766. The van der Waals surface area contributed by atoms with Gasteiger partial charge in [-0.25, -0.2) is 17.1 Å². The number of carbonyl (C=O) groups excluding carboxylic acids is 1. The van der Waals surface area contributed by atoms with E-state index in [1.54, 1.807) is 30.3 Å². The van der Waals surface area contributed by atoms with Crippen molar-refractivity contribution < 1.29 is 17.6 Å². The van der Waals surface area contributed by atoms with Gasteiger partial charge in [0.2, 0.25) is 0 Å². The van der Waals surface area contributed by atoms with Gasteiger partial charge in [0.15, 0.2) is 0 Å². The molecule has 0 saturated carbocycles. The fraction of sp³-hybridized carbons (Fsp3) is 0.350. The van der Waals surface area contributed by atoms with Crippen molar-refractivity contribution in [1.29, 1.82) is 0 Å². The molecule has 0 N–H and O–H groups in total. The molecule has 0 bridgehead atoms. The van der Waals surface area contributed by atoms with Crippen molar-refractivity contribution in [2.45, 2.75) is 17.9 Å². The van der Waals surface area contributed by atoms with E-state index in [1.165, 1.54) is 12.1 Å². The second-order valence-electron chi connectivity index (χ2n) is 7.14. The van der Waals surface area contributed by atoms with Crippen molar-refractivity contribution in [1.82, 2.24) is 14.1 Å². The molecule has 2 aliphatic rings. The summed E-state index contributed by atoms with van der Waals surface area (Å²) in [4.78, 5) is 16.8. The minimum absolute atomic E-state index is 0.0832. The largest absolute Gasteiger partial charge is 0.289 e. The topological polar surface area (TPSA) is 60.9 Å². The maximum Gasteiger partial charge on any atom is 0.269 e. The Bertz CT molecular complexity index is 996. The van der Waals surface area contributed by atoms with E-state index in [2.05, 4.69) is 9.80 Å². The molecule has 0 aromatic heterocycles. The molecule has 1 amide bonds. The van der Waals surface area contributed by atoms with Crippen molar-refractivity contribution in [3.63, 3.8) is 0 Å². The Hall–Kier alpha value is -2.29. The van der Waals surface area contributed by atoms with E-state index >= 15 is 0 Å². The van der Waals surface area contributed by atoms with Crippen LogP contribution in [0, 0.1) is 5.82 Å². The lowest BCUT2D eigenvalue weighted by Gasteiger charge is -2.36. The molecule has 2 aromatic rings. The number of carbonyl (C=O) groups is 1. The van der Waals surface area contributed by atoms with Crippen molar-refractivity contribution >= 4 is 15.9 Å². The van der Waals surface area contributed by atoms with Crippen molar-refractivity contribution in [2.24, 2.45) is 0 Å². The zero-order valence-electron chi connectivity index (χ0n) is 15.4. The summed E-state index contributed by atoms with van der Waals surface area (Å²) in [7, 11) is -3.77. The fourth-order valence-corrected chi connectivity index (χ4v) is 5.37. The zero-order chi connectivity index (χ0) is 19.7. The Morgan fingerprint density at radius 1 is 0.929 bits per heavy atom. The van der Waals surface area contributed by atoms with Crippen LogP contribution in [0.25, 0.3) is 0 Å². The maximum atomic E-state index is 13.9. The smallest absolute Gasteiger partial charge is 0.269 e. The van der Waals surface area contributed by atoms with Crippen LogP contribution in [0.2, 0.25) is 0 Å². The van der Waals surface area contributed by atoms with Gasteiger partial charge in [0.25, 0.3) is 15.9 Å². The predicted molar refractivity (Wildman–Crippen MR) is 103 cm³/mol. The molecular weight excluding hydrogens is 381 g/mol. The SMILES string of the molecule is O=C1c2ccccc2S(=O)(=O)N1CCN1CCCN(Cc2ccccc2F)C1. The first-order valence-electron chi connectivity index (χ1n) is 9.31. The summed E-state index contributed by atoms with van der Waals surface area (Å²) < 4.78 is 40.2. The van der Waals surface area contributed by atoms with Gasteiger partial charge in [-0.15, -0.1) is 0 Å². The van der Waals surface area contributed by atoms with Crippen LogP contribution in [0.3, 0.4) is 0 Å². The Labute approximate surface area is 164 Å². The highest BCUT2D eigenvalue weighted by Crippen LogP contribution is 2.29. The highest BCUT2D eigenvalue weighted by atomic mass is 32.2. The molecule has 0 atom stereocenters. The van der Waals surface area contributed by atoms with E-state index < -0.39 is 15.9 Å². The van der Waals surface area contributed by atoms with Crippen LogP contribution in [0.4, 0.5) is 4.39 Å². The number of benzene rings is 2. The first kappa shape index (κ1) is 19.0. The summed E-state index contributed by atoms with van der Waals surface area (Å²) in [5.41, 5.74) is 0.888. The Morgan fingerprint density at radius 3 is 2.43 bits per heavy atom. The number of hydrogen-bond acceptors (Lipinski definition) is 5. The Balaban J connectivity index is 1.39. The zero-order valence-corrected chi connectivity index (χ0v) is 16.2. The van der Waals surface area contributed by atoms with E-state index in [4.69, 9.17) is 0 Å². The molecule has 4 rings (SSSR count). The summed E-state index contributed by atoms with van der Waals surface area (Å²) >= 11 is 0. The summed E-state index contributed by atoms with van der Waals surface area (Å²) in [5.74, 6) is -0.679. The van der Waals surface area contributed by atoms with Crippen molar-refractivity contribution in [3.05, 3.63) is 65.5 Å². The Kier molecular flexibility index (Phi) is 5.18. The molecule has 2 aliphatic heterocycles. The molecule has 28 heavy (non-hydrogen) atoms. The lowest BCUT2D eigenvalue weighted by atomic mass is 10.2. The van der Waals surface area contributed by atoms with Gasteiger partial charge in [0, 0.05) is 31.7 Å². The molecule has 1 fully saturated rings. The van der Waals surface area contributed by atoms with E-state index in [1.807, 2.05) is 6.07 Å². The molecule has 1 saturated heterocycles. The van der Waals surface area contributed by atoms with Crippen LogP contribution in [-0.4, -0.2) is 61.3 Å². The van der Waals surface area contributed by atoms with Gasteiger partial charge in [-0.05, 0) is 24.6 Å². The van der Waals surface area contributed by atoms with Crippen LogP contribution in [0.15, 0.2) is 53.4 Å². The monoisotopic (exact) mass is 403 g/mol. The highest BCUT2D eigenvalue weighted by Gasteiger charge is 2.40. The van der Waals surface area contributed by atoms with E-state index in [-0.39, 0.29) is 22.8 Å². The van der Waals surface area contributed by atoms with Crippen LogP contribution in [0.5, 0.6) is 0 Å². The number of nitrogens with zero attached hydrogens (tertiary/aromatic N) is 3. The summed E-state index contributed by atoms with van der Waals surface area (Å²) in [6.45, 7) is 3.37. The van der Waals surface area contributed by atoms with Gasteiger partial charge in [0.1, 0.15) is 10.7 Å². The van der Waals surface area contributed by atoms with E-state index in [9.17, 15) is 17.6 Å². The van der Waals surface area contributed by atoms with E-state index in [0.29, 0.717) is 25.3 Å². The lowest BCUT2D eigenvalue weighted by Crippen LogP contribution is -2.47. The highest BCUT2D eigenvalue weighted by molar-refractivity contribution is 7.90. The second kappa shape index (κ2) is 7.62. The minimum Gasteiger partial charge on any atom is -0.289 e. The van der Waals surface area contributed by atoms with E-state index in [0.717, 1.165) is 23.8 Å². The normalized spacial score (nSPS) is 19.8. The summed E-state index contributed by atoms with van der Waals surface area (Å²) in [6.07, 6.45) is 0.912. The number of fused-ring (bicyclic) bond motifs is 1. The average Bonchev–Trinajstić information content (AvgIpc) is 2.89. The molecule has 0 aliphatic carbocycles. The van der Waals surface area contributed by atoms with Crippen LogP contribution in [-0.2, 0) is 16.6 Å². The molecule has 6 nitrogen and oxygen atoms in total. The third-order valence-electron chi connectivity index (χ3n) is 5.23. The third-order valence-corrected chi connectivity index (χ3v) is 7.07. The number of sulfonamides is 1. The Morgan fingerprint density at radius 2 is 1.64 bits per heavy atom. The van der Waals surface area contributed by atoms with Gasteiger partial charge in [-0.2, -0.15) is 0 Å². The number of hydrogen-bond donors (Lipinski definition) is 0. The molecular formula is C20H22FN3O3S. The molecule has 8 heteroatoms. The average molecular weight is 403 g/mol.